The number of hydrogen-bond acceptors (Lipinski definition) is 3. The molecular formula is C11H15ClF3NO2S. The van der Waals surface area contributed by atoms with Crippen LogP contribution in [0.3, 0.4) is 0 Å². The molecule has 0 radical (unpaired) electrons. The highest BCUT2D eigenvalue weighted by atomic mass is 35.5. The van der Waals surface area contributed by atoms with E-state index in [1.54, 1.807) is 0 Å². The van der Waals surface area contributed by atoms with Gasteiger partial charge < -0.3 is 5.73 Å². The number of rotatable bonds is 4. The zero-order chi connectivity index (χ0) is 14.0. The molecule has 1 rings (SSSR count). The topological polar surface area (TPSA) is 60.2 Å². The van der Waals surface area contributed by atoms with Gasteiger partial charge in [-0.15, -0.1) is 12.4 Å². The maximum Gasteiger partial charge on any atom is 0.389 e. The second kappa shape index (κ2) is 6.58. The van der Waals surface area contributed by atoms with E-state index in [1.807, 2.05) is 0 Å². The minimum absolute atomic E-state index is 0. The third-order valence-electron chi connectivity index (χ3n) is 2.48. The maximum atomic E-state index is 12.0. The molecule has 0 aliphatic rings. The molecule has 8 heteroatoms. The SMILES string of the molecule is CS(=O)(=O)c1ccc([C@H](N)CCC(F)(F)F)cc1.Cl. The third kappa shape index (κ3) is 6.26. The molecule has 1 aromatic carbocycles. The summed E-state index contributed by atoms with van der Waals surface area (Å²) in [7, 11) is -3.30. The summed E-state index contributed by atoms with van der Waals surface area (Å²) in [6, 6.07) is 4.82. The number of nitrogens with two attached hydrogens (primary N) is 1. The van der Waals surface area contributed by atoms with Crippen molar-refractivity contribution in [2.75, 3.05) is 6.26 Å². The summed E-state index contributed by atoms with van der Waals surface area (Å²) in [6.07, 6.45) is -4.35. The molecule has 0 amide bonds. The summed E-state index contributed by atoms with van der Waals surface area (Å²) in [5.41, 5.74) is 6.10. The van der Waals surface area contributed by atoms with Gasteiger partial charge in [0.1, 0.15) is 0 Å². The molecule has 0 heterocycles. The molecule has 3 nitrogen and oxygen atoms in total. The first kappa shape index (κ1) is 18.2. The van der Waals surface area contributed by atoms with Crippen LogP contribution < -0.4 is 5.73 Å². The van der Waals surface area contributed by atoms with Crippen LogP contribution >= 0.6 is 12.4 Å². The Kier molecular flexibility index (Phi) is 6.31. The minimum Gasteiger partial charge on any atom is -0.324 e. The van der Waals surface area contributed by atoms with Gasteiger partial charge in [-0.1, -0.05) is 12.1 Å². The van der Waals surface area contributed by atoms with E-state index in [1.165, 1.54) is 24.3 Å². The summed E-state index contributed by atoms with van der Waals surface area (Å²) in [5.74, 6) is 0. The van der Waals surface area contributed by atoms with Gasteiger partial charge in [0, 0.05) is 18.7 Å². The molecule has 0 aliphatic heterocycles. The summed E-state index contributed by atoms with van der Waals surface area (Å²) >= 11 is 0. The van der Waals surface area contributed by atoms with Gasteiger partial charge in [-0.05, 0) is 24.1 Å². The average Bonchev–Trinajstić information content (AvgIpc) is 2.24. The molecule has 0 aromatic heterocycles. The van der Waals surface area contributed by atoms with E-state index in [-0.39, 0.29) is 23.7 Å². The number of halogens is 4. The monoisotopic (exact) mass is 317 g/mol. The Balaban J connectivity index is 0.00000324. The van der Waals surface area contributed by atoms with Crippen molar-refractivity contribution >= 4 is 22.2 Å². The van der Waals surface area contributed by atoms with Crippen LogP contribution in [0.5, 0.6) is 0 Å². The Morgan fingerprint density at radius 1 is 1.21 bits per heavy atom. The van der Waals surface area contributed by atoms with Crippen LogP contribution in [-0.2, 0) is 9.84 Å². The normalized spacial score (nSPS) is 13.7. The van der Waals surface area contributed by atoms with Crippen LogP contribution in [0.2, 0.25) is 0 Å². The fourth-order valence-electron chi connectivity index (χ4n) is 1.45. The highest BCUT2D eigenvalue weighted by Crippen LogP contribution is 2.26. The quantitative estimate of drug-likeness (QED) is 0.929. The number of alkyl halides is 3. The van der Waals surface area contributed by atoms with Crippen molar-refractivity contribution in [2.45, 2.75) is 30.0 Å². The van der Waals surface area contributed by atoms with E-state index < -0.39 is 28.5 Å². The van der Waals surface area contributed by atoms with Gasteiger partial charge in [0.25, 0.3) is 0 Å². The fraction of sp³-hybridized carbons (Fsp3) is 0.455. The second-order valence-corrected chi connectivity index (χ2v) is 6.12. The third-order valence-corrected chi connectivity index (χ3v) is 3.60. The molecule has 2 N–H and O–H groups in total. The van der Waals surface area contributed by atoms with E-state index in [2.05, 4.69) is 0 Å². The van der Waals surface area contributed by atoms with Crippen LogP contribution in [0.4, 0.5) is 13.2 Å². The van der Waals surface area contributed by atoms with E-state index in [0.29, 0.717) is 5.56 Å². The van der Waals surface area contributed by atoms with Gasteiger partial charge in [-0.3, -0.25) is 0 Å². The highest BCUT2D eigenvalue weighted by Gasteiger charge is 2.27. The summed E-state index contributed by atoms with van der Waals surface area (Å²) in [6.45, 7) is 0. The van der Waals surface area contributed by atoms with E-state index in [9.17, 15) is 21.6 Å². The second-order valence-electron chi connectivity index (χ2n) is 4.10. The van der Waals surface area contributed by atoms with Crippen LogP contribution in [0.15, 0.2) is 29.2 Å². The number of benzene rings is 1. The van der Waals surface area contributed by atoms with Crippen LogP contribution in [0.1, 0.15) is 24.4 Å². The van der Waals surface area contributed by atoms with Gasteiger partial charge in [-0.25, -0.2) is 8.42 Å². The van der Waals surface area contributed by atoms with Crippen molar-refractivity contribution < 1.29 is 21.6 Å². The van der Waals surface area contributed by atoms with Crippen molar-refractivity contribution in [3.63, 3.8) is 0 Å². The molecule has 110 valence electrons. The summed E-state index contributed by atoms with van der Waals surface area (Å²) < 4.78 is 58.4. The first-order valence-corrected chi connectivity index (χ1v) is 7.11. The van der Waals surface area contributed by atoms with Crippen LogP contribution in [0, 0.1) is 0 Å². The molecule has 1 atom stereocenters. The zero-order valence-electron chi connectivity index (χ0n) is 10.1. The summed E-state index contributed by atoms with van der Waals surface area (Å²) in [4.78, 5) is 0.120. The van der Waals surface area contributed by atoms with Gasteiger partial charge >= 0.3 is 6.18 Å². The van der Waals surface area contributed by atoms with Gasteiger partial charge in [0.2, 0.25) is 0 Å². The number of hydrogen-bond donors (Lipinski definition) is 1. The molecule has 0 unspecified atom stereocenters. The standard InChI is InChI=1S/C11H14F3NO2S.ClH/c1-18(16,17)9-4-2-8(3-5-9)10(15)6-7-11(12,13)14;/h2-5,10H,6-7,15H2,1H3;1H/t10-;/m1./s1. The predicted molar refractivity (Wildman–Crippen MR) is 69.0 cm³/mol. The van der Waals surface area contributed by atoms with Crippen molar-refractivity contribution in [1.82, 2.24) is 0 Å². The maximum absolute atomic E-state index is 12.0. The van der Waals surface area contributed by atoms with E-state index in [0.717, 1.165) is 6.26 Å². The van der Waals surface area contributed by atoms with Crippen molar-refractivity contribution in [2.24, 2.45) is 5.73 Å². The van der Waals surface area contributed by atoms with Crippen molar-refractivity contribution in [1.29, 1.82) is 0 Å². The fourth-order valence-corrected chi connectivity index (χ4v) is 2.08. The molecule has 0 aliphatic carbocycles. The van der Waals surface area contributed by atoms with Crippen molar-refractivity contribution in [3.05, 3.63) is 29.8 Å². The molecule has 19 heavy (non-hydrogen) atoms. The lowest BCUT2D eigenvalue weighted by Gasteiger charge is -2.13. The average molecular weight is 318 g/mol. The Hall–Kier alpha value is -0.790. The predicted octanol–water partition coefficient (Wildman–Crippen LogP) is 2.85. The molecule has 0 saturated heterocycles. The molecular weight excluding hydrogens is 303 g/mol. The molecule has 0 bridgehead atoms. The van der Waals surface area contributed by atoms with Gasteiger partial charge in [-0.2, -0.15) is 13.2 Å². The lowest BCUT2D eigenvalue weighted by molar-refractivity contribution is -0.136. The molecule has 0 fully saturated rings. The van der Waals surface area contributed by atoms with E-state index in [4.69, 9.17) is 5.73 Å². The minimum atomic E-state index is -4.23. The number of sulfone groups is 1. The lowest BCUT2D eigenvalue weighted by atomic mass is 10.0. The molecule has 1 aromatic rings. The lowest BCUT2D eigenvalue weighted by Crippen LogP contribution is -2.15. The van der Waals surface area contributed by atoms with Crippen LogP contribution in [0.25, 0.3) is 0 Å². The van der Waals surface area contributed by atoms with Gasteiger partial charge in [0.15, 0.2) is 9.84 Å². The Morgan fingerprint density at radius 3 is 2.05 bits per heavy atom. The first-order chi connectivity index (χ1) is 8.09. The Bertz CT molecular complexity index is 500. The molecule has 0 spiro atoms. The highest BCUT2D eigenvalue weighted by molar-refractivity contribution is 7.90. The summed E-state index contributed by atoms with van der Waals surface area (Å²) in [5, 5.41) is 0. The van der Waals surface area contributed by atoms with Gasteiger partial charge in [0.05, 0.1) is 4.90 Å². The largest absolute Gasteiger partial charge is 0.389 e. The Morgan fingerprint density at radius 2 is 1.68 bits per heavy atom. The first-order valence-electron chi connectivity index (χ1n) is 5.22. The Labute approximate surface area is 116 Å². The van der Waals surface area contributed by atoms with Crippen molar-refractivity contribution in [3.8, 4) is 0 Å². The molecule has 0 saturated carbocycles. The smallest absolute Gasteiger partial charge is 0.324 e. The zero-order valence-corrected chi connectivity index (χ0v) is 11.8. The van der Waals surface area contributed by atoms with E-state index >= 15 is 0 Å². The van der Waals surface area contributed by atoms with Crippen LogP contribution in [-0.4, -0.2) is 20.8 Å².